The summed E-state index contributed by atoms with van der Waals surface area (Å²) in [6.07, 6.45) is -10.5. The van der Waals surface area contributed by atoms with E-state index in [-0.39, 0.29) is 11.5 Å². The zero-order valence-electron chi connectivity index (χ0n) is 24.5. The third-order valence-electron chi connectivity index (χ3n) is 7.77. The Morgan fingerprint density at radius 2 is 1.33 bits per heavy atom. The van der Waals surface area contributed by atoms with Crippen molar-refractivity contribution in [2.75, 3.05) is 26.2 Å². The van der Waals surface area contributed by atoms with Crippen LogP contribution < -0.4 is 5.32 Å². The number of benzene rings is 2. The van der Waals surface area contributed by atoms with E-state index in [4.69, 9.17) is 9.90 Å². The van der Waals surface area contributed by atoms with E-state index in [1.54, 1.807) is 4.90 Å². The van der Waals surface area contributed by atoms with E-state index in [0.717, 1.165) is 25.9 Å². The molecule has 2 atom stereocenters. The van der Waals surface area contributed by atoms with Crippen LogP contribution in [0.3, 0.4) is 0 Å². The van der Waals surface area contributed by atoms with Gasteiger partial charge in [-0.1, -0.05) is 19.1 Å². The maximum atomic E-state index is 13.7. The van der Waals surface area contributed by atoms with E-state index in [1.807, 2.05) is 5.32 Å². The fourth-order valence-electron chi connectivity index (χ4n) is 5.37. The third-order valence-corrected chi connectivity index (χ3v) is 7.77. The van der Waals surface area contributed by atoms with Crippen molar-refractivity contribution in [2.45, 2.75) is 63.2 Å². The average Bonchev–Trinajstić information content (AvgIpc) is 2.98. The topological polar surface area (TPSA) is 90.0 Å². The van der Waals surface area contributed by atoms with Gasteiger partial charge in [-0.05, 0) is 80.1 Å². The van der Waals surface area contributed by atoms with Crippen LogP contribution in [-0.4, -0.2) is 77.3 Å². The molecule has 1 unspecified atom stereocenters. The largest absolute Gasteiger partial charge is 0.490 e. The van der Waals surface area contributed by atoms with Gasteiger partial charge in [0.05, 0.1) is 5.56 Å². The van der Waals surface area contributed by atoms with Gasteiger partial charge in [0.1, 0.15) is 0 Å². The van der Waals surface area contributed by atoms with Crippen LogP contribution in [0.15, 0.2) is 48.5 Å². The van der Waals surface area contributed by atoms with Crippen LogP contribution in [0.4, 0.5) is 39.5 Å². The number of carboxylic acids is 1. The van der Waals surface area contributed by atoms with E-state index < -0.39 is 47.6 Å². The molecule has 0 saturated carbocycles. The minimum Gasteiger partial charge on any atom is -0.475 e. The lowest BCUT2D eigenvalue weighted by Gasteiger charge is -2.41. The molecule has 0 aromatic heterocycles. The predicted molar refractivity (Wildman–Crippen MR) is 147 cm³/mol. The van der Waals surface area contributed by atoms with Gasteiger partial charge in [0.25, 0.3) is 11.8 Å². The first-order chi connectivity index (χ1) is 21.3. The van der Waals surface area contributed by atoms with Gasteiger partial charge in [-0.15, -0.1) is 0 Å². The molecule has 7 nitrogen and oxygen atoms in total. The molecule has 2 N–H and O–H groups in total. The van der Waals surface area contributed by atoms with E-state index >= 15 is 0 Å². The monoisotopic (exact) mass is 669 g/mol. The number of hydrogen-bond donors (Lipinski definition) is 2. The number of nitrogens with one attached hydrogen (secondary N) is 1. The number of aliphatic carboxylic acids is 1. The lowest BCUT2D eigenvalue weighted by atomic mass is 9.95. The van der Waals surface area contributed by atoms with Gasteiger partial charge >= 0.3 is 24.5 Å². The molecule has 0 radical (unpaired) electrons. The summed E-state index contributed by atoms with van der Waals surface area (Å²) in [5.41, 5.74) is -1.40. The first-order valence-electron chi connectivity index (χ1n) is 14.3. The second kappa shape index (κ2) is 14.7. The van der Waals surface area contributed by atoms with Crippen LogP contribution in [0.1, 0.15) is 70.5 Å². The number of piperidine rings is 2. The van der Waals surface area contributed by atoms with Crippen molar-refractivity contribution in [3.05, 3.63) is 70.8 Å². The lowest BCUT2D eigenvalue weighted by molar-refractivity contribution is -0.192. The Morgan fingerprint density at radius 1 is 0.804 bits per heavy atom. The molecule has 16 heteroatoms. The summed E-state index contributed by atoms with van der Waals surface area (Å²) in [6.45, 7) is 5.64. The third kappa shape index (κ3) is 10.1. The zero-order valence-corrected chi connectivity index (χ0v) is 24.5. The number of alkyl halides is 9. The Hall–Kier alpha value is -3.82. The van der Waals surface area contributed by atoms with Gasteiger partial charge in [0, 0.05) is 36.8 Å². The molecule has 4 rings (SSSR count). The summed E-state index contributed by atoms with van der Waals surface area (Å²) in [4.78, 5) is 38.8. The number of amides is 2. The molecule has 254 valence electrons. The smallest absolute Gasteiger partial charge is 0.475 e. The van der Waals surface area contributed by atoms with E-state index in [1.165, 1.54) is 37.1 Å². The van der Waals surface area contributed by atoms with E-state index in [0.29, 0.717) is 54.9 Å². The summed E-state index contributed by atoms with van der Waals surface area (Å²) in [6, 6.07) is 5.75. The number of hydrogen-bond acceptors (Lipinski definition) is 4. The van der Waals surface area contributed by atoms with E-state index in [2.05, 4.69) is 11.8 Å². The van der Waals surface area contributed by atoms with Crippen molar-refractivity contribution in [3.8, 4) is 0 Å². The zero-order chi connectivity index (χ0) is 34.4. The quantitative estimate of drug-likeness (QED) is 0.346. The van der Waals surface area contributed by atoms with Crippen LogP contribution >= 0.6 is 0 Å². The summed E-state index contributed by atoms with van der Waals surface area (Å²) in [7, 11) is 0. The normalized spacial score (nSPS) is 19.1. The second-order valence-electron chi connectivity index (χ2n) is 11.2. The van der Waals surface area contributed by atoms with Crippen molar-refractivity contribution < 1.29 is 59.0 Å². The highest BCUT2D eigenvalue weighted by molar-refractivity contribution is 5.98. The molecule has 2 aliphatic heterocycles. The lowest BCUT2D eigenvalue weighted by Crippen LogP contribution is -2.49. The molecule has 2 heterocycles. The summed E-state index contributed by atoms with van der Waals surface area (Å²) in [5, 5.41) is 8.98. The minimum absolute atomic E-state index is 0.106. The maximum absolute atomic E-state index is 13.7. The molecule has 46 heavy (non-hydrogen) atoms. The molecule has 2 aromatic rings. The van der Waals surface area contributed by atoms with Crippen LogP contribution in [0.2, 0.25) is 0 Å². The number of likely N-dealkylation sites (tertiary alicyclic amines) is 2. The van der Waals surface area contributed by atoms with Crippen molar-refractivity contribution in [3.63, 3.8) is 0 Å². The highest BCUT2D eigenvalue weighted by Crippen LogP contribution is 2.35. The minimum atomic E-state index is -5.08. The molecule has 2 saturated heterocycles. The van der Waals surface area contributed by atoms with Crippen molar-refractivity contribution in [1.82, 2.24) is 15.1 Å². The first-order valence-corrected chi connectivity index (χ1v) is 14.3. The Balaban J connectivity index is 0.000000738. The molecular weight excluding hydrogens is 637 g/mol. The summed E-state index contributed by atoms with van der Waals surface area (Å²) >= 11 is 0. The SMILES string of the molecule is C[C@@H]1CCCN(C2CCN(C(=O)c3ccc(C(=O)NC(c4ccc(C(F)(F)F)cc4)C(F)(F)F)cc3)CC2)C1.O=C(O)C(F)(F)F. The van der Waals surface area contributed by atoms with Crippen molar-refractivity contribution >= 4 is 17.8 Å². The molecule has 0 bridgehead atoms. The number of carbonyl (C=O) groups is 3. The number of rotatable bonds is 5. The first kappa shape index (κ1) is 36.6. The number of nitrogens with zero attached hydrogens (tertiary/aromatic N) is 2. The maximum Gasteiger partial charge on any atom is 0.490 e. The van der Waals surface area contributed by atoms with E-state index in [9.17, 15) is 49.1 Å². The van der Waals surface area contributed by atoms with Crippen LogP contribution in [0.5, 0.6) is 0 Å². The van der Waals surface area contributed by atoms with Gasteiger partial charge in [-0.2, -0.15) is 39.5 Å². The van der Waals surface area contributed by atoms with Crippen LogP contribution in [-0.2, 0) is 11.0 Å². The number of carbonyl (C=O) groups excluding carboxylic acids is 2. The van der Waals surface area contributed by atoms with Crippen LogP contribution in [0.25, 0.3) is 0 Å². The fraction of sp³-hybridized carbons (Fsp3) is 0.500. The summed E-state index contributed by atoms with van der Waals surface area (Å²) in [5.74, 6) is -3.35. The van der Waals surface area contributed by atoms with Gasteiger partial charge in [0.15, 0.2) is 6.04 Å². The standard InChI is InChI=1S/C28H31F6N3O2.C2HF3O2/c1-18-3-2-14-37(17-18)23-12-15-36(16-13-23)26(39)21-6-4-20(5-7-21)25(38)35-24(28(32,33)34)19-8-10-22(11-9-19)27(29,30)31;3-2(4,5)1(6)7/h4-11,18,23-24H,2-3,12-17H2,1H3,(H,35,38);(H,6,7)/t18-,24?;/m1./s1. The Bertz CT molecular complexity index is 1340. The molecule has 2 aliphatic rings. The molecular formula is C30H32F9N3O4. The molecule has 0 spiro atoms. The predicted octanol–water partition coefficient (Wildman–Crippen LogP) is 6.71. The van der Waals surface area contributed by atoms with Crippen molar-refractivity contribution in [1.29, 1.82) is 0 Å². The Kier molecular flexibility index (Phi) is 11.7. The second-order valence-corrected chi connectivity index (χ2v) is 11.2. The van der Waals surface area contributed by atoms with Gasteiger partial charge in [-0.25, -0.2) is 4.79 Å². The Morgan fingerprint density at radius 3 is 1.78 bits per heavy atom. The number of halogens is 9. The number of carboxylic acid groups (broad SMARTS) is 1. The molecule has 2 fully saturated rings. The van der Waals surface area contributed by atoms with Gasteiger partial charge in [0.2, 0.25) is 0 Å². The molecule has 2 amide bonds. The van der Waals surface area contributed by atoms with Crippen molar-refractivity contribution in [2.24, 2.45) is 5.92 Å². The highest BCUT2D eigenvalue weighted by Gasteiger charge is 2.42. The molecule has 0 aliphatic carbocycles. The molecule has 2 aromatic carbocycles. The fourth-order valence-corrected chi connectivity index (χ4v) is 5.37. The van der Waals surface area contributed by atoms with Crippen LogP contribution in [0, 0.1) is 5.92 Å². The Labute approximate surface area is 258 Å². The highest BCUT2D eigenvalue weighted by atomic mass is 19.4. The van der Waals surface area contributed by atoms with Gasteiger partial charge < -0.3 is 15.3 Å². The average molecular weight is 670 g/mol. The summed E-state index contributed by atoms with van der Waals surface area (Å²) < 4.78 is 111. The van der Waals surface area contributed by atoms with Gasteiger partial charge in [-0.3, -0.25) is 14.5 Å².